The molecular weight excluding hydrogens is 699 g/mol. The van der Waals surface area contributed by atoms with Gasteiger partial charge in [-0.2, -0.15) is 0 Å². The minimum Gasteiger partial charge on any atom is -0.334 e. The second-order valence-corrected chi connectivity index (χ2v) is 18.2. The molecule has 1 aliphatic heterocycles. The molecule has 2 unspecified atom stereocenters. The van der Waals surface area contributed by atoms with Gasteiger partial charge in [0.25, 0.3) is 0 Å². The summed E-state index contributed by atoms with van der Waals surface area (Å²) in [4.78, 5) is 2.76. The molecule has 9 aromatic carbocycles. The lowest BCUT2D eigenvalue weighted by Crippen LogP contribution is -2.64. The number of fused-ring (bicyclic) bond motifs is 3. The molecule has 0 amide bonds. The fraction of sp³-hybridized carbons (Fsp3) is 0.193. The van der Waals surface area contributed by atoms with Crippen LogP contribution in [0.15, 0.2) is 176 Å². The van der Waals surface area contributed by atoms with Crippen LogP contribution in [0.5, 0.6) is 0 Å². The van der Waals surface area contributed by atoms with E-state index in [0.29, 0.717) is 0 Å². The Balaban J connectivity index is 1.24. The molecule has 0 saturated heterocycles. The van der Waals surface area contributed by atoms with Gasteiger partial charge in [-0.15, -0.1) is 0 Å². The molecule has 1 aliphatic carbocycles. The Kier molecular flexibility index (Phi) is 7.80. The van der Waals surface area contributed by atoms with E-state index in [1.807, 2.05) is 0 Å². The standard InChI is InChI=1S/C57H49N/c1-55(2,3)57-34-18-17-33-56(57,4)51-35-41(27-32-52(51)58(57)42-25-15-8-16-26-42)50-37-49(40-23-13-7-14-24-40)45-29-28-43-47(38-19-9-5-10-20-38)36-48(39-21-11-6-12-22-39)44-30-31-46(50)54(45)53(43)44/h5-16,19-32,35-37H,17-18,33-34H2,1-4H3. The second-order valence-electron chi connectivity index (χ2n) is 18.2. The van der Waals surface area contributed by atoms with Crippen molar-refractivity contribution in [2.24, 2.45) is 5.41 Å². The topological polar surface area (TPSA) is 3.24 Å². The normalized spacial score (nSPS) is 19.2. The number of hydrogen-bond acceptors (Lipinski definition) is 1. The molecule has 1 heterocycles. The average Bonchev–Trinajstić information content (AvgIpc) is 3.51. The van der Waals surface area contributed by atoms with Crippen molar-refractivity contribution in [2.75, 3.05) is 4.90 Å². The first kappa shape index (κ1) is 35.0. The van der Waals surface area contributed by atoms with E-state index in [0.717, 1.165) is 0 Å². The molecule has 11 rings (SSSR count). The molecule has 1 fully saturated rings. The Morgan fingerprint density at radius 3 is 1.29 bits per heavy atom. The molecule has 58 heavy (non-hydrogen) atoms. The molecule has 1 saturated carbocycles. The molecule has 9 aromatic rings. The van der Waals surface area contributed by atoms with E-state index in [2.05, 4.69) is 209 Å². The largest absolute Gasteiger partial charge is 0.334 e. The van der Waals surface area contributed by atoms with Gasteiger partial charge in [-0.3, -0.25) is 0 Å². The molecule has 0 aromatic heterocycles. The van der Waals surface area contributed by atoms with Crippen molar-refractivity contribution in [2.45, 2.75) is 64.3 Å². The molecule has 0 spiro atoms. The summed E-state index contributed by atoms with van der Waals surface area (Å²) in [6.07, 6.45) is 4.87. The van der Waals surface area contributed by atoms with Crippen LogP contribution in [0, 0.1) is 5.41 Å². The van der Waals surface area contributed by atoms with Gasteiger partial charge in [0.05, 0.1) is 5.54 Å². The van der Waals surface area contributed by atoms with Crippen LogP contribution in [0.25, 0.3) is 76.8 Å². The van der Waals surface area contributed by atoms with Crippen LogP contribution in [-0.4, -0.2) is 5.54 Å². The maximum atomic E-state index is 2.76. The van der Waals surface area contributed by atoms with E-state index >= 15 is 0 Å². The maximum absolute atomic E-state index is 2.76. The number of hydrogen-bond donors (Lipinski definition) is 0. The van der Waals surface area contributed by atoms with Crippen molar-refractivity contribution < 1.29 is 0 Å². The maximum Gasteiger partial charge on any atom is 0.0594 e. The highest BCUT2D eigenvalue weighted by Gasteiger charge is 2.65. The van der Waals surface area contributed by atoms with Gasteiger partial charge in [-0.25, -0.2) is 0 Å². The van der Waals surface area contributed by atoms with E-state index in [1.165, 1.54) is 119 Å². The van der Waals surface area contributed by atoms with Crippen molar-refractivity contribution in [1.82, 2.24) is 0 Å². The van der Waals surface area contributed by atoms with Crippen LogP contribution in [0.2, 0.25) is 0 Å². The van der Waals surface area contributed by atoms with Gasteiger partial charge in [0, 0.05) is 16.8 Å². The molecule has 1 nitrogen and oxygen atoms in total. The highest BCUT2D eigenvalue weighted by molar-refractivity contribution is 6.32. The Labute approximate surface area is 343 Å². The summed E-state index contributed by atoms with van der Waals surface area (Å²) in [5, 5.41) is 7.90. The van der Waals surface area contributed by atoms with Crippen LogP contribution < -0.4 is 4.90 Å². The van der Waals surface area contributed by atoms with Crippen molar-refractivity contribution in [1.29, 1.82) is 0 Å². The van der Waals surface area contributed by atoms with Crippen LogP contribution in [0.1, 0.15) is 58.9 Å². The Hall–Kier alpha value is -6.18. The van der Waals surface area contributed by atoms with Gasteiger partial charge in [-0.05, 0) is 137 Å². The lowest BCUT2D eigenvalue weighted by atomic mass is 9.52. The van der Waals surface area contributed by atoms with Gasteiger partial charge >= 0.3 is 0 Å². The first-order valence-corrected chi connectivity index (χ1v) is 21.2. The number of benzene rings is 9. The van der Waals surface area contributed by atoms with E-state index < -0.39 is 0 Å². The average molecular weight is 748 g/mol. The first-order valence-electron chi connectivity index (χ1n) is 21.2. The first-order chi connectivity index (χ1) is 28.3. The molecule has 1 heteroatoms. The minimum atomic E-state index is -0.0555. The predicted molar refractivity (Wildman–Crippen MR) is 248 cm³/mol. The minimum absolute atomic E-state index is 0.0219. The van der Waals surface area contributed by atoms with Gasteiger partial charge < -0.3 is 4.90 Å². The Morgan fingerprint density at radius 2 is 0.845 bits per heavy atom. The zero-order valence-corrected chi connectivity index (χ0v) is 34.0. The van der Waals surface area contributed by atoms with E-state index in [4.69, 9.17) is 0 Å². The summed E-state index contributed by atoms with van der Waals surface area (Å²) in [5.74, 6) is 0. The number of rotatable bonds is 5. The van der Waals surface area contributed by atoms with Gasteiger partial charge in [-0.1, -0.05) is 180 Å². The zero-order valence-electron chi connectivity index (χ0n) is 34.0. The second kappa shape index (κ2) is 12.9. The quantitative estimate of drug-likeness (QED) is 0.159. The molecule has 2 atom stereocenters. The molecule has 2 aliphatic rings. The third-order valence-corrected chi connectivity index (χ3v) is 14.3. The highest BCUT2D eigenvalue weighted by Crippen LogP contribution is 2.67. The zero-order chi connectivity index (χ0) is 39.2. The third kappa shape index (κ3) is 4.89. The van der Waals surface area contributed by atoms with E-state index in [-0.39, 0.29) is 16.4 Å². The lowest BCUT2D eigenvalue weighted by Gasteiger charge is -2.59. The van der Waals surface area contributed by atoms with Crippen LogP contribution >= 0.6 is 0 Å². The molecular formula is C57H49N. The predicted octanol–water partition coefficient (Wildman–Crippen LogP) is 16.0. The summed E-state index contributed by atoms with van der Waals surface area (Å²) >= 11 is 0. The molecule has 0 bridgehead atoms. The van der Waals surface area contributed by atoms with Crippen molar-refractivity contribution in [3.8, 4) is 44.5 Å². The van der Waals surface area contributed by atoms with E-state index in [9.17, 15) is 0 Å². The molecule has 0 N–H and O–H groups in total. The fourth-order valence-electron chi connectivity index (χ4n) is 11.9. The summed E-state index contributed by atoms with van der Waals surface area (Å²) in [7, 11) is 0. The van der Waals surface area contributed by atoms with Gasteiger partial charge in [0.15, 0.2) is 0 Å². The van der Waals surface area contributed by atoms with Crippen molar-refractivity contribution in [3.05, 3.63) is 181 Å². The summed E-state index contributed by atoms with van der Waals surface area (Å²) in [6, 6.07) is 66.2. The summed E-state index contributed by atoms with van der Waals surface area (Å²) < 4.78 is 0. The fourth-order valence-corrected chi connectivity index (χ4v) is 11.9. The molecule has 0 radical (unpaired) electrons. The van der Waals surface area contributed by atoms with Gasteiger partial charge in [0.1, 0.15) is 0 Å². The van der Waals surface area contributed by atoms with Crippen molar-refractivity contribution in [3.63, 3.8) is 0 Å². The smallest absolute Gasteiger partial charge is 0.0594 e. The monoisotopic (exact) mass is 747 g/mol. The highest BCUT2D eigenvalue weighted by atomic mass is 15.3. The summed E-state index contributed by atoms with van der Waals surface area (Å²) in [6.45, 7) is 10.1. The SMILES string of the molecule is CC(C)(C)C12CCCCC1(C)c1cc(-c3cc(-c4ccccc4)c4ccc5c(-c6ccccc6)cc(-c6ccccc6)c6ccc3c4c56)ccc1N2c1ccccc1. The van der Waals surface area contributed by atoms with Gasteiger partial charge in [0.2, 0.25) is 0 Å². The van der Waals surface area contributed by atoms with Crippen LogP contribution in [0.3, 0.4) is 0 Å². The van der Waals surface area contributed by atoms with Crippen LogP contribution in [0.4, 0.5) is 11.4 Å². The summed E-state index contributed by atoms with van der Waals surface area (Å²) in [5.41, 5.74) is 14.3. The molecule has 282 valence electrons. The lowest BCUT2D eigenvalue weighted by molar-refractivity contribution is 0.0608. The van der Waals surface area contributed by atoms with Crippen LogP contribution in [-0.2, 0) is 5.41 Å². The Morgan fingerprint density at radius 1 is 0.431 bits per heavy atom. The van der Waals surface area contributed by atoms with Crippen molar-refractivity contribution >= 4 is 43.7 Å². The third-order valence-electron chi connectivity index (χ3n) is 14.3. The number of anilines is 2. The Bertz CT molecular complexity index is 2920. The number of para-hydroxylation sites is 1. The van der Waals surface area contributed by atoms with E-state index in [1.54, 1.807) is 0 Å². The number of nitrogens with zero attached hydrogens (tertiary/aromatic N) is 1.